The third kappa shape index (κ3) is 7.35. The summed E-state index contributed by atoms with van der Waals surface area (Å²) in [5.74, 6) is 0. The van der Waals surface area contributed by atoms with Gasteiger partial charge in [-0.2, -0.15) is 9.13 Å². The molecule has 0 N–H and O–H groups in total. The Balaban J connectivity index is 0.000000103. The van der Waals surface area contributed by atoms with E-state index in [1.54, 1.807) is 0 Å². The second-order valence-electron chi connectivity index (χ2n) is 23.1. The van der Waals surface area contributed by atoms with Gasteiger partial charge in [-0.1, -0.05) is 170 Å². The molecule has 0 saturated carbocycles. The largest absolute Gasteiger partial charge is 0.220 e. The SMILES string of the molecule is Cc1c(-c2c3ccccc3cc[n+]2C)cc2c3c(cccc13)-c1ccccc1-2.Cc1c(-c2ccc3ccccc3[n+]2C)cc2c3c(cccc13)-c1ccccc1-2.Cc1c(-c2ccc3ccccc3[n+]2C)cc2c3c(cccc13)-c1ccccc1-2. The van der Waals surface area contributed by atoms with Crippen molar-refractivity contribution in [2.24, 2.45) is 21.1 Å². The van der Waals surface area contributed by atoms with Gasteiger partial charge >= 0.3 is 0 Å². The Hall–Kier alpha value is -10.4. The predicted molar refractivity (Wildman–Crippen MR) is 352 cm³/mol. The van der Waals surface area contributed by atoms with Crippen LogP contribution in [-0.4, -0.2) is 0 Å². The summed E-state index contributed by atoms with van der Waals surface area (Å²) in [4.78, 5) is 0. The Morgan fingerprint density at radius 1 is 0.238 bits per heavy atom. The zero-order chi connectivity index (χ0) is 56.5. The first-order valence-corrected chi connectivity index (χ1v) is 29.3. The number of fused-ring (bicyclic) bond motifs is 12. The van der Waals surface area contributed by atoms with Crippen molar-refractivity contribution in [1.82, 2.24) is 0 Å². The quantitative estimate of drug-likeness (QED) is 0.156. The fraction of sp³-hybridized carbons (Fsp3) is 0.0741. The van der Waals surface area contributed by atoms with Crippen LogP contribution in [0.15, 0.2) is 255 Å². The monoisotopic (exact) mass is 1070 g/mol. The van der Waals surface area contributed by atoms with E-state index in [2.05, 4.69) is 311 Å². The van der Waals surface area contributed by atoms with E-state index in [1.807, 2.05) is 0 Å². The van der Waals surface area contributed by atoms with Crippen molar-refractivity contribution >= 4 is 64.9 Å². The molecule has 0 fully saturated rings. The number of pyridine rings is 3. The van der Waals surface area contributed by atoms with Crippen LogP contribution in [0.3, 0.4) is 0 Å². The lowest BCUT2D eigenvalue weighted by Gasteiger charge is -2.13. The summed E-state index contributed by atoms with van der Waals surface area (Å²) in [5, 5.41) is 13.4. The van der Waals surface area contributed by atoms with Gasteiger partial charge in [0.1, 0.15) is 21.1 Å². The standard InChI is InChI=1S/3C27H20N/c2*1-17-19-11-7-12-22-20-9-4-5-10-21(20)24(27(19)22)16-23(17)26-15-14-18-8-3-6-13-25(18)28(26)2;1-17-19-12-7-13-23-21-10-5-6-11-22(21)25(26(19)23)16-24(17)27-20-9-4-3-8-18(20)14-15-28(27)2/h3*3-16H,1-2H3/q3*+1. The summed E-state index contributed by atoms with van der Waals surface area (Å²) in [6.07, 6.45) is 2.17. The molecule has 396 valence electrons. The number of hydrogen-bond donors (Lipinski definition) is 0. The molecular weight excluding hydrogens is 1010 g/mol. The maximum Gasteiger partial charge on any atom is 0.220 e. The van der Waals surface area contributed by atoms with E-state index >= 15 is 0 Å². The van der Waals surface area contributed by atoms with Gasteiger partial charge in [0, 0.05) is 41.1 Å². The van der Waals surface area contributed by atoms with E-state index in [1.165, 1.54) is 182 Å². The zero-order valence-electron chi connectivity index (χ0n) is 48.1. The molecule has 0 saturated heterocycles. The van der Waals surface area contributed by atoms with Gasteiger partial charge in [-0.3, -0.25) is 0 Å². The Bertz CT molecular complexity index is 5110. The minimum absolute atomic E-state index is 1.25. The van der Waals surface area contributed by atoms with Crippen molar-refractivity contribution in [3.05, 3.63) is 272 Å². The third-order valence-electron chi connectivity index (χ3n) is 18.8. The number of aromatic nitrogens is 3. The first-order valence-electron chi connectivity index (χ1n) is 29.3. The van der Waals surface area contributed by atoms with Crippen LogP contribution in [0.5, 0.6) is 0 Å². The Labute approximate surface area is 489 Å². The fourth-order valence-electron chi connectivity index (χ4n) is 14.7. The Morgan fingerprint density at radius 3 is 0.988 bits per heavy atom. The highest BCUT2D eigenvalue weighted by Gasteiger charge is 2.30. The van der Waals surface area contributed by atoms with E-state index in [0.29, 0.717) is 0 Å². The number of hydrogen-bond acceptors (Lipinski definition) is 0. The average Bonchev–Trinajstić information content (AvgIpc) is 2.75. The van der Waals surface area contributed by atoms with Gasteiger partial charge in [0.15, 0.2) is 6.20 Å². The maximum absolute atomic E-state index is 2.41. The van der Waals surface area contributed by atoms with E-state index in [9.17, 15) is 0 Å². The lowest BCUT2D eigenvalue weighted by atomic mass is 9.91. The van der Waals surface area contributed by atoms with Crippen LogP contribution in [0.25, 0.3) is 165 Å². The highest BCUT2D eigenvalue weighted by molar-refractivity contribution is 6.20. The summed E-state index contributed by atoms with van der Waals surface area (Å²) in [6, 6.07) is 90.8. The normalized spacial score (nSPS) is 11.9. The molecule has 0 radical (unpaired) electrons. The van der Waals surface area contributed by atoms with Gasteiger partial charge in [0.05, 0.1) is 22.1 Å². The molecule has 0 bridgehead atoms. The molecule has 84 heavy (non-hydrogen) atoms. The molecule has 18 rings (SSSR count). The van der Waals surface area contributed by atoms with Gasteiger partial charge in [-0.15, -0.1) is 0 Å². The molecule has 0 aliphatic heterocycles. The topological polar surface area (TPSA) is 11.6 Å². The van der Waals surface area contributed by atoms with Crippen LogP contribution >= 0.6 is 0 Å². The molecule has 3 heteroatoms. The fourth-order valence-corrected chi connectivity index (χ4v) is 14.7. The van der Waals surface area contributed by atoms with Crippen molar-refractivity contribution in [3.63, 3.8) is 0 Å². The zero-order valence-corrected chi connectivity index (χ0v) is 48.1. The summed E-state index contributed by atoms with van der Waals surface area (Å²) in [7, 11) is 6.49. The van der Waals surface area contributed by atoms with Crippen LogP contribution in [0.4, 0.5) is 0 Å². The van der Waals surface area contributed by atoms with Crippen LogP contribution < -0.4 is 13.7 Å². The minimum atomic E-state index is 1.25. The molecule has 0 spiro atoms. The van der Waals surface area contributed by atoms with Crippen molar-refractivity contribution in [1.29, 1.82) is 0 Å². The maximum atomic E-state index is 2.41. The minimum Gasteiger partial charge on any atom is -0.200 e. The van der Waals surface area contributed by atoms with Crippen molar-refractivity contribution < 1.29 is 13.7 Å². The molecular formula is C81H60N3+3. The molecule has 15 aromatic rings. The van der Waals surface area contributed by atoms with Gasteiger partial charge in [0.25, 0.3) is 0 Å². The van der Waals surface area contributed by atoms with Gasteiger partial charge in [-0.25, -0.2) is 4.57 Å². The first kappa shape index (κ1) is 49.5. The van der Waals surface area contributed by atoms with Crippen LogP contribution in [0.1, 0.15) is 16.7 Å². The number of para-hydroxylation sites is 2. The molecule has 3 nitrogen and oxygen atoms in total. The average molecular weight is 1080 g/mol. The number of benzene rings is 12. The first-order chi connectivity index (χ1) is 41.2. The number of nitrogens with zero attached hydrogens (tertiary/aromatic N) is 3. The smallest absolute Gasteiger partial charge is 0.200 e. The van der Waals surface area contributed by atoms with E-state index in [-0.39, 0.29) is 0 Å². The second-order valence-corrected chi connectivity index (χ2v) is 23.1. The molecule has 3 aromatic heterocycles. The van der Waals surface area contributed by atoms with Crippen molar-refractivity contribution in [3.8, 4) is 101 Å². The summed E-state index contributed by atoms with van der Waals surface area (Å²) >= 11 is 0. The molecule has 3 aliphatic rings. The lowest BCUT2D eigenvalue weighted by molar-refractivity contribution is -0.659. The van der Waals surface area contributed by atoms with Crippen molar-refractivity contribution in [2.45, 2.75) is 20.8 Å². The van der Waals surface area contributed by atoms with Crippen LogP contribution in [0, 0.1) is 20.8 Å². The van der Waals surface area contributed by atoms with Crippen LogP contribution in [0.2, 0.25) is 0 Å². The molecule has 3 heterocycles. The molecule has 0 atom stereocenters. The van der Waals surface area contributed by atoms with Gasteiger partial charge in [0.2, 0.25) is 28.1 Å². The summed E-state index contributed by atoms with van der Waals surface area (Å²) in [5.41, 5.74) is 30.5. The lowest BCUT2D eigenvalue weighted by Crippen LogP contribution is -2.32. The molecule has 0 unspecified atom stereocenters. The predicted octanol–water partition coefficient (Wildman–Crippen LogP) is 19.3. The molecule has 12 aromatic carbocycles. The van der Waals surface area contributed by atoms with Gasteiger partial charge in [-0.05, 0) is 190 Å². The van der Waals surface area contributed by atoms with E-state index < -0.39 is 0 Å². The highest BCUT2D eigenvalue weighted by atomic mass is 14.9. The second kappa shape index (κ2) is 19.1. The third-order valence-corrected chi connectivity index (χ3v) is 18.8. The Kier molecular flexibility index (Phi) is 11.3. The molecule has 3 aliphatic carbocycles. The summed E-state index contributed by atoms with van der Waals surface area (Å²) in [6.45, 7) is 6.79. The number of aryl methyl sites for hydroxylation is 6. The van der Waals surface area contributed by atoms with Crippen LogP contribution in [-0.2, 0) is 21.1 Å². The Morgan fingerprint density at radius 2 is 0.560 bits per heavy atom. The summed E-state index contributed by atoms with van der Waals surface area (Å²) < 4.78 is 6.90. The highest BCUT2D eigenvalue weighted by Crippen LogP contribution is 2.53. The van der Waals surface area contributed by atoms with E-state index in [4.69, 9.17) is 0 Å². The van der Waals surface area contributed by atoms with Gasteiger partial charge < -0.3 is 0 Å². The molecule has 0 amide bonds. The van der Waals surface area contributed by atoms with Crippen molar-refractivity contribution in [2.75, 3.05) is 0 Å². The van der Waals surface area contributed by atoms with E-state index in [0.717, 1.165) is 0 Å². The number of rotatable bonds is 3.